The first-order chi connectivity index (χ1) is 14.4. The molecule has 0 radical (unpaired) electrons. The lowest BCUT2D eigenvalue weighted by molar-refractivity contribution is -0.862. The van der Waals surface area contributed by atoms with Crippen molar-refractivity contribution in [2.45, 2.75) is 13.0 Å². The minimum absolute atomic E-state index is 0.0951. The smallest absolute Gasteiger partial charge is 0.279 e. The fraction of sp³-hybridized carbons (Fsp3) is 0.250. The molecular formula is C24H28N3O3+. The molecule has 30 heavy (non-hydrogen) atoms. The maximum absolute atomic E-state index is 12.4. The Hall–Kier alpha value is -3.38. The molecule has 6 nitrogen and oxygen atoms in total. The molecule has 0 saturated carbocycles. The lowest BCUT2D eigenvalue weighted by Crippen LogP contribution is -3.11. The summed E-state index contributed by atoms with van der Waals surface area (Å²) in [5, 5.41) is 8.17. The van der Waals surface area contributed by atoms with Crippen LogP contribution in [0.4, 0.5) is 5.69 Å². The molecule has 3 N–H and O–H groups in total. The van der Waals surface area contributed by atoms with E-state index in [-0.39, 0.29) is 30.9 Å². The lowest BCUT2D eigenvalue weighted by atomic mass is 10.0. The fourth-order valence-electron chi connectivity index (χ4n) is 3.37. The number of nitrogens with one attached hydrogen (secondary N) is 3. The zero-order valence-electron chi connectivity index (χ0n) is 17.6. The number of rotatable bonds is 8. The van der Waals surface area contributed by atoms with Crippen LogP contribution in [0.1, 0.15) is 18.5 Å². The quantitative estimate of drug-likeness (QED) is 0.537. The fourth-order valence-corrected chi connectivity index (χ4v) is 3.37. The summed E-state index contributed by atoms with van der Waals surface area (Å²) in [6, 6.07) is 21.4. The molecule has 3 aromatic carbocycles. The van der Waals surface area contributed by atoms with Gasteiger partial charge in [0.25, 0.3) is 11.8 Å². The van der Waals surface area contributed by atoms with E-state index in [9.17, 15) is 9.59 Å². The summed E-state index contributed by atoms with van der Waals surface area (Å²) in [6.07, 6.45) is 0. The van der Waals surface area contributed by atoms with Crippen molar-refractivity contribution in [1.29, 1.82) is 0 Å². The average molecular weight is 407 g/mol. The number of anilines is 1. The molecule has 0 spiro atoms. The van der Waals surface area contributed by atoms with Gasteiger partial charge in [-0.1, -0.05) is 42.5 Å². The van der Waals surface area contributed by atoms with E-state index >= 15 is 0 Å². The largest absolute Gasteiger partial charge is 0.497 e. The molecule has 0 heterocycles. The first-order valence-corrected chi connectivity index (χ1v) is 9.98. The van der Waals surface area contributed by atoms with Crippen LogP contribution in [0, 0.1) is 0 Å². The molecule has 156 valence electrons. The van der Waals surface area contributed by atoms with Crippen LogP contribution in [-0.2, 0) is 9.59 Å². The van der Waals surface area contributed by atoms with E-state index in [1.165, 1.54) is 5.39 Å². The van der Waals surface area contributed by atoms with E-state index in [0.29, 0.717) is 11.4 Å². The van der Waals surface area contributed by atoms with Crippen molar-refractivity contribution in [2.75, 3.05) is 32.6 Å². The zero-order chi connectivity index (χ0) is 21.5. The van der Waals surface area contributed by atoms with Crippen LogP contribution < -0.4 is 20.3 Å². The van der Waals surface area contributed by atoms with Crippen molar-refractivity contribution in [2.24, 2.45) is 0 Å². The molecule has 2 amide bonds. The molecule has 0 aliphatic heterocycles. The van der Waals surface area contributed by atoms with Crippen molar-refractivity contribution in [3.05, 3.63) is 72.3 Å². The summed E-state index contributed by atoms with van der Waals surface area (Å²) in [7, 11) is 3.40. The van der Waals surface area contributed by atoms with Gasteiger partial charge in [0.15, 0.2) is 13.1 Å². The first kappa shape index (κ1) is 21.3. The van der Waals surface area contributed by atoms with Gasteiger partial charge in [-0.25, -0.2) is 0 Å². The van der Waals surface area contributed by atoms with Gasteiger partial charge in [-0.05, 0) is 41.5 Å². The van der Waals surface area contributed by atoms with Crippen LogP contribution in [0.15, 0.2) is 66.7 Å². The van der Waals surface area contributed by atoms with Gasteiger partial charge in [0.1, 0.15) is 5.75 Å². The molecule has 3 aromatic rings. The van der Waals surface area contributed by atoms with Crippen LogP contribution in [0.5, 0.6) is 5.75 Å². The van der Waals surface area contributed by atoms with E-state index in [0.717, 1.165) is 15.8 Å². The molecule has 0 aromatic heterocycles. The minimum atomic E-state index is -0.156. The second-order valence-corrected chi connectivity index (χ2v) is 7.49. The monoisotopic (exact) mass is 406 g/mol. The topological polar surface area (TPSA) is 71.9 Å². The third-order valence-electron chi connectivity index (χ3n) is 4.93. The Labute approximate surface area is 176 Å². The van der Waals surface area contributed by atoms with Gasteiger partial charge in [-0.15, -0.1) is 0 Å². The molecular weight excluding hydrogens is 378 g/mol. The molecule has 0 saturated heterocycles. The Bertz CT molecular complexity index is 1030. The van der Waals surface area contributed by atoms with E-state index in [2.05, 4.69) is 34.9 Å². The lowest BCUT2D eigenvalue weighted by Gasteiger charge is -2.18. The Kier molecular flexibility index (Phi) is 7.03. The minimum Gasteiger partial charge on any atom is -0.497 e. The highest BCUT2D eigenvalue weighted by atomic mass is 16.5. The van der Waals surface area contributed by atoms with E-state index < -0.39 is 0 Å². The first-order valence-electron chi connectivity index (χ1n) is 9.98. The standard InChI is InChI=1S/C24H27N3O3/c1-17(19-12-11-18-7-4-5-8-20(18)13-19)25-23(28)15-27(2)16-24(29)26-21-9-6-10-22(14-21)30-3/h4-14,17H,15-16H2,1-3H3,(H,25,28)(H,26,29)/p+1/t17-/m0/s1. The molecule has 6 heteroatoms. The van der Waals surface area contributed by atoms with Crippen molar-refractivity contribution in [1.82, 2.24) is 5.32 Å². The highest BCUT2D eigenvalue weighted by molar-refractivity contribution is 5.91. The average Bonchev–Trinajstić information content (AvgIpc) is 2.73. The second-order valence-electron chi connectivity index (χ2n) is 7.49. The van der Waals surface area contributed by atoms with Gasteiger partial charge in [0.05, 0.1) is 20.2 Å². The van der Waals surface area contributed by atoms with Crippen LogP contribution in [0.25, 0.3) is 10.8 Å². The maximum Gasteiger partial charge on any atom is 0.279 e. The Morgan fingerprint density at radius 3 is 2.43 bits per heavy atom. The van der Waals surface area contributed by atoms with Crippen molar-refractivity contribution < 1.29 is 19.2 Å². The second kappa shape index (κ2) is 9.89. The van der Waals surface area contributed by atoms with Crippen LogP contribution in [0.3, 0.4) is 0 Å². The molecule has 1 unspecified atom stereocenters. The summed E-state index contributed by atoms with van der Waals surface area (Å²) >= 11 is 0. The van der Waals surface area contributed by atoms with Crippen molar-refractivity contribution >= 4 is 28.3 Å². The predicted molar refractivity (Wildman–Crippen MR) is 119 cm³/mol. The summed E-state index contributed by atoms with van der Waals surface area (Å²) in [4.78, 5) is 25.5. The summed E-state index contributed by atoms with van der Waals surface area (Å²) in [6.45, 7) is 2.37. The molecule has 0 aliphatic carbocycles. The Morgan fingerprint density at radius 1 is 0.933 bits per heavy atom. The number of benzene rings is 3. The van der Waals surface area contributed by atoms with Crippen molar-refractivity contribution in [3.8, 4) is 5.75 Å². The number of methoxy groups -OCH3 is 1. The van der Waals surface area contributed by atoms with Gasteiger partial charge in [-0.3, -0.25) is 9.59 Å². The number of quaternary nitrogens is 1. The predicted octanol–water partition coefficient (Wildman–Crippen LogP) is 2.18. The number of hydrogen-bond acceptors (Lipinski definition) is 3. The normalized spacial score (nSPS) is 12.8. The summed E-state index contributed by atoms with van der Waals surface area (Å²) in [5.41, 5.74) is 1.72. The number of fused-ring (bicyclic) bond motifs is 1. The molecule has 0 bridgehead atoms. The summed E-state index contributed by atoms with van der Waals surface area (Å²) in [5.74, 6) is 0.425. The van der Waals surface area contributed by atoms with E-state index in [1.807, 2.05) is 44.3 Å². The van der Waals surface area contributed by atoms with E-state index in [4.69, 9.17) is 4.74 Å². The number of amides is 2. The van der Waals surface area contributed by atoms with Gasteiger partial charge < -0.3 is 20.3 Å². The third kappa shape index (κ3) is 5.81. The molecule has 3 rings (SSSR count). The SMILES string of the molecule is COc1cccc(NC(=O)C[NH+](C)CC(=O)N[C@@H](C)c2ccc3ccccc3c2)c1. The number of carbonyl (C=O) groups excluding carboxylic acids is 2. The molecule has 0 fully saturated rings. The Balaban J connectivity index is 1.49. The highest BCUT2D eigenvalue weighted by Gasteiger charge is 2.17. The van der Waals surface area contributed by atoms with Crippen molar-refractivity contribution in [3.63, 3.8) is 0 Å². The highest BCUT2D eigenvalue weighted by Crippen LogP contribution is 2.20. The maximum atomic E-state index is 12.4. The van der Waals surface area contributed by atoms with Gasteiger partial charge >= 0.3 is 0 Å². The Morgan fingerprint density at radius 2 is 1.67 bits per heavy atom. The van der Waals surface area contributed by atoms with Gasteiger partial charge in [-0.2, -0.15) is 0 Å². The number of ether oxygens (including phenoxy) is 1. The van der Waals surface area contributed by atoms with E-state index in [1.54, 1.807) is 19.2 Å². The van der Waals surface area contributed by atoms with Gasteiger partial charge in [0.2, 0.25) is 0 Å². The summed E-state index contributed by atoms with van der Waals surface area (Å²) < 4.78 is 5.16. The van der Waals surface area contributed by atoms with Crippen LogP contribution in [0.2, 0.25) is 0 Å². The van der Waals surface area contributed by atoms with Gasteiger partial charge in [0, 0.05) is 11.8 Å². The van der Waals surface area contributed by atoms with Crippen LogP contribution >= 0.6 is 0 Å². The molecule has 0 aliphatic rings. The number of carbonyl (C=O) groups is 2. The zero-order valence-corrected chi connectivity index (χ0v) is 17.6. The third-order valence-corrected chi connectivity index (χ3v) is 4.93. The molecule has 2 atom stereocenters. The number of likely N-dealkylation sites (N-methyl/N-ethyl adjacent to an activating group) is 1. The van der Waals surface area contributed by atoms with Crippen LogP contribution in [-0.4, -0.2) is 39.1 Å². The number of hydrogen-bond donors (Lipinski definition) is 3.